The number of hydrogen-bond acceptors (Lipinski definition) is 3. The lowest BCUT2D eigenvalue weighted by atomic mass is 10.1. The Morgan fingerprint density at radius 2 is 1.68 bits per heavy atom. The van der Waals surface area contributed by atoms with Gasteiger partial charge in [0, 0.05) is 6.42 Å². The van der Waals surface area contributed by atoms with Crippen LogP contribution in [-0.2, 0) is 6.42 Å². The minimum absolute atomic E-state index is 0.784. The van der Waals surface area contributed by atoms with Crippen LogP contribution in [0.25, 0.3) is 5.69 Å². The Morgan fingerprint density at radius 3 is 2.41 bits per heavy atom. The molecule has 0 spiro atoms. The van der Waals surface area contributed by atoms with E-state index < -0.39 is 0 Å². The molecular weight excluding hydrogens is 290 g/mol. The summed E-state index contributed by atoms with van der Waals surface area (Å²) in [4.78, 5) is 0. The Kier molecular flexibility index (Phi) is 4.59. The molecular formula is C18H19N3S. The highest BCUT2D eigenvalue weighted by molar-refractivity contribution is 7.99. The van der Waals surface area contributed by atoms with Gasteiger partial charge in [-0.2, -0.15) is 0 Å². The van der Waals surface area contributed by atoms with Crippen LogP contribution >= 0.6 is 11.8 Å². The summed E-state index contributed by atoms with van der Waals surface area (Å²) < 4.78 is 2.19. The van der Waals surface area contributed by atoms with E-state index in [0.29, 0.717) is 0 Å². The fourth-order valence-corrected chi connectivity index (χ4v) is 3.16. The van der Waals surface area contributed by atoms with Gasteiger partial charge < -0.3 is 0 Å². The van der Waals surface area contributed by atoms with E-state index in [1.807, 2.05) is 6.07 Å². The van der Waals surface area contributed by atoms with E-state index in [4.69, 9.17) is 0 Å². The van der Waals surface area contributed by atoms with Crippen LogP contribution in [0, 0.1) is 6.92 Å². The number of aryl methyl sites for hydroxylation is 1. The first kappa shape index (κ1) is 14.9. The Labute approximate surface area is 135 Å². The van der Waals surface area contributed by atoms with Gasteiger partial charge in [0.2, 0.25) is 0 Å². The van der Waals surface area contributed by atoms with Crippen LogP contribution in [0.5, 0.6) is 0 Å². The highest BCUT2D eigenvalue weighted by Gasteiger charge is 2.15. The summed E-state index contributed by atoms with van der Waals surface area (Å²) in [7, 11) is 0. The number of nitrogens with zero attached hydrogens (tertiary/aromatic N) is 3. The van der Waals surface area contributed by atoms with Gasteiger partial charge in [-0.3, -0.25) is 4.57 Å². The molecule has 112 valence electrons. The SMILES string of the molecule is CCSc1nnc(Cc2ccccc2)n1-c1ccccc1C. The van der Waals surface area contributed by atoms with Crippen molar-refractivity contribution >= 4 is 11.8 Å². The van der Waals surface area contributed by atoms with Crippen LogP contribution in [0.2, 0.25) is 0 Å². The van der Waals surface area contributed by atoms with Crippen molar-refractivity contribution in [3.8, 4) is 5.69 Å². The van der Waals surface area contributed by atoms with E-state index in [-0.39, 0.29) is 0 Å². The van der Waals surface area contributed by atoms with Gasteiger partial charge in [0.15, 0.2) is 5.16 Å². The molecule has 0 radical (unpaired) electrons. The third-order valence-electron chi connectivity index (χ3n) is 3.54. The summed E-state index contributed by atoms with van der Waals surface area (Å²) >= 11 is 1.73. The summed E-state index contributed by atoms with van der Waals surface area (Å²) in [5.41, 5.74) is 3.64. The molecule has 0 amide bonds. The Balaban J connectivity index is 2.06. The molecule has 0 saturated carbocycles. The topological polar surface area (TPSA) is 30.7 Å². The minimum atomic E-state index is 0.784. The number of hydrogen-bond donors (Lipinski definition) is 0. The lowest BCUT2D eigenvalue weighted by Crippen LogP contribution is -2.05. The zero-order valence-electron chi connectivity index (χ0n) is 12.9. The van der Waals surface area contributed by atoms with Crippen LogP contribution in [0.15, 0.2) is 59.8 Å². The number of benzene rings is 2. The predicted octanol–water partition coefficient (Wildman–Crippen LogP) is 4.28. The van der Waals surface area contributed by atoms with Crippen LogP contribution < -0.4 is 0 Å². The molecule has 0 aliphatic heterocycles. The molecule has 2 aromatic carbocycles. The van der Waals surface area contributed by atoms with Crippen molar-refractivity contribution in [2.24, 2.45) is 0 Å². The molecule has 0 unspecified atom stereocenters. The lowest BCUT2D eigenvalue weighted by molar-refractivity contribution is 0.842. The quantitative estimate of drug-likeness (QED) is 0.659. The number of thioether (sulfide) groups is 1. The number of rotatable bonds is 5. The first-order valence-electron chi connectivity index (χ1n) is 7.46. The normalized spacial score (nSPS) is 10.8. The molecule has 0 N–H and O–H groups in total. The monoisotopic (exact) mass is 309 g/mol. The summed E-state index contributed by atoms with van der Waals surface area (Å²) in [6.45, 7) is 4.26. The van der Waals surface area contributed by atoms with Gasteiger partial charge in [-0.15, -0.1) is 10.2 Å². The van der Waals surface area contributed by atoms with Crippen molar-refractivity contribution in [2.45, 2.75) is 25.4 Å². The maximum absolute atomic E-state index is 4.44. The molecule has 22 heavy (non-hydrogen) atoms. The van der Waals surface area contributed by atoms with Crippen molar-refractivity contribution < 1.29 is 0 Å². The maximum atomic E-state index is 4.44. The van der Waals surface area contributed by atoms with E-state index in [9.17, 15) is 0 Å². The molecule has 3 nitrogen and oxygen atoms in total. The molecule has 3 rings (SSSR count). The van der Waals surface area contributed by atoms with E-state index in [2.05, 4.69) is 77.1 Å². The van der Waals surface area contributed by atoms with Crippen molar-refractivity contribution in [2.75, 3.05) is 5.75 Å². The Hall–Kier alpha value is -2.07. The van der Waals surface area contributed by atoms with E-state index in [0.717, 1.165) is 28.8 Å². The summed E-state index contributed by atoms with van der Waals surface area (Å²) in [5, 5.41) is 9.80. The molecule has 4 heteroatoms. The number of para-hydroxylation sites is 1. The molecule has 1 aromatic heterocycles. The minimum Gasteiger partial charge on any atom is -0.273 e. The van der Waals surface area contributed by atoms with Gasteiger partial charge in [-0.25, -0.2) is 0 Å². The zero-order valence-corrected chi connectivity index (χ0v) is 13.7. The van der Waals surface area contributed by atoms with E-state index >= 15 is 0 Å². The average molecular weight is 309 g/mol. The highest BCUT2D eigenvalue weighted by atomic mass is 32.2. The highest BCUT2D eigenvalue weighted by Crippen LogP contribution is 2.25. The first-order chi connectivity index (χ1) is 10.8. The predicted molar refractivity (Wildman–Crippen MR) is 91.7 cm³/mol. The second-order valence-corrected chi connectivity index (χ2v) is 6.35. The second kappa shape index (κ2) is 6.79. The number of aromatic nitrogens is 3. The summed E-state index contributed by atoms with van der Waals surface area (Å²) in [6.07, 6.45) is 0.784. The van der Waals surface area contributed by atoms with Crippen LogP contribution in [0.3, 0.4) is 0 Å². The van der Waals surface area contributed by atoms with E-state index in [1.165, 1.54) is 11.1 Å². The van der Waals surface area contributed by atoms with Gasteiger partial charge in [0.1, 0.15) is 5.82 Å². The van der Waals surface area contributed by atoms with Gasteiger partial charge in [0.05, 0.1) is 5.69 Å². The lowest BCUT2D eigenvalue weighted by Gasteiger charge is -2.12. The molecule has 0 fully saturated rings. The molecule has 3 aromatic rings. The average Bonchev–Trinajstić information content (AvgIpc) is 2.92. The molecule has 0 aliphatic rings. The second-order valence-electron chi connectivity index (χ2n) is 5.12. The van der Waals surface area contributed by atoms with Crippen LogP contribution in [0.1, 0.15) is 23.9 Å². The maximum Gasteiger partial charge on any atom is 0.195 e. The van der Waals surface area contributed by atoms with Crippen molar-refractivity contribution in [3.63, 3.8) is 0 Å². The molecule has 0 bridgehead atoms. The molecule has 0 saturated heterocycles. The van der Waals surface area contributed by atoms with Gasteiger partial charge in [-0.1, -0.05) is 67.2 Å². The standard InChI is InChI=1S/C18H19N3S/c1-3-22-18-20-19-17(13-15-10-5-4-6-11-15)21(18)16-12-8-7-9-14(16)2/h4-12H,3,13H2,1-2H3. The summed E-state index contributed by atoms with van der Waals surface area (Å²) in [6, 6.07) is 18.8. The van der Waals surface area contributed by atoms with Crippen LogP contribution in [0.4, 0.5) is 0 Å². The van der Waals surface area contributed by atoms with Crippen molar-refractivity contribution in [1.29, 1.82) is 0 Å². The molecule has 0 atom stereocenters. The Morgan fingerprint density at radius 1 is 0.955 bits per heavy atom. The fraction of sp³-hybridized carbons (Fsp3) is 0.222. The third kappa shape index (κ3) is 3.07. The first-order valence-corrected chi connectivity index (χ1v) is 8.45. The fourth-order valence-electron chi connectivity index (χ4n) is 2.47. The largest absolute Gasteiger partial charge is 0.273 e. The smallest absolute Gasteiger partial charge is 0.195 e. The van der Waals surface area contributed by atoms with Gasteiger partial charge in [-0.05, 0) is 29.9 Å². The van der Waals surface area contributed by atoms with Gasteiger partial charge >= 0.3 is 0 Å². The summed E-state index contributed by atoms with van der Waals surface area (Å²) in [5.74, 6) is 1.96. The van der Waals surface area contributed by atoms with E-state index in [1.54, 1.807) is 11.8 Å². The molecule has 1 heterocycles. The zero-order chi connectivity index (χ0) is 15.4. The van der Waals surface area contributed by atoms with Gasteiger partial charge in [0.25, 0.3) is 0 Å². The van der Waals surface area contributed by atoms with Crippen molar-refractivity contribution in [3.05, 3.63) is 71.5 Å². The Bertz CT molecular complexity index is 750. The van der Waals surface area contributed by atoms with Crippen molar-refractivity contribution in [1.82, 2.24) is 14.8 Å². The van der Waals surface area contributed by atoms with Crippen LogP contribution in [-0.4, -0.2) is 20.5 Å². The molecule has 0 aliphatic carbocycles. The third-order valence-corrected chi connectivity index (χ3v) is 4.35.